The van der Waals surface area contributed by atoms with Crippen LogP contribution in [0, 0.1) is 0 Å². The monoisotopic (exact) mass is 383 g/mol. The van der Waals surface area contributed by atoms with E-state index in [1.165, 1.54) is 70.6 Å². The molecule has 0 aliphatic carbocycles. The molecule has 0 saturated carbocycles. The Kier molecular flexibility index (Phi) is 19.2. The van der Waals surface area contributed by atoms with E-state index < -0.39 is 0 Å². The summed E-state index contributed by atoms with van der Waals surface area (Å²) in [5, 5.41) is 9.29. The van der Waals surface area contributed by atoms with Crippen LogP contribution in [0.25, 0.3) is 0 Å². The number of rotatable bonds is 19. The van der Waals surface area contributed by atoms with Crippen LogP contribution in [0.1, 0.15) is 96.8 Å². The Labute approximate surface area is 168 Å². The van der Waals surface area contributed by atoms with Crippen molar-refractivity contribution in [2.45, 2.75) is 103 Å². The molecule has 1 atom stereocenters. The molecule has 0 aromatic carbocycles. The molecule has 0 aromatic rings. The Bertz CT molecular complexity index is 358. The Morgan fingerprint density at radius 2 is 1.44 bits per heavy atom. The average molecular weight is 384 g/mol. The summed E-state index contributed by atoms with van der Waals surface area (Å²) in [4.78, 5) is 13.7. The standard InChI is InChI=1S/C23H45NO3/c1-4-5-6-7-8-9-10-11-12-13-14-15-16-17-18-19-23(26)24(2)22(20-25)21-27-3/h16-17,22,25H,4-15,18-21H2,1-3H3/t22-/m1/s1. The number of aliphatic hydroxyl groups excluding tert-OH is 1. The minimum absolute atomic E-state index is 0.0606. The maximum atomic E-state index is 12.1. The SMILES string of the molecule is CCCCCCCCCCCCCC=CCCC(=O)N(C)[C@H](CO)COC. The highest BCUT2D eigenvalue weighted by Crippen LogP contribution is 2.12. The summed E-state index contributed by atoms with van der Waals surface area (Å²) in [5.41, 5.74) is 0. The molecule has 0 aromatic heterocycles. The maximum Gasteiger partial charge on any atom is 0.223 e. The van der Waals surface area contributed by atoms with Gasteiger partial charge in [-0.2, -0.15) is 0 Å². The summed E-state index contributed by atoms with van der Waals surface area (Å²) in [6.07, 6.45) is 21.8. The number of amides is 1. The van der Waals surface area contributed by atoms with Crippen LogP contribution in [0.3, 0.4) is 0 Å². The molecule has 0 heterocycles. The highest BCUT2D eigenvalue weighted by atomic mass is 16.5. The van der Waals surface area contributed by atoms with Crippen LogP contribution in [-0.4, -0.2) is 49.3 Å². The smallest absolute Gasteiger partial charge is 0.223 e. The van der Waals surface area contributed by atoms with Gasteiger partial charge in [0.1, 0.15) is 0 Å². The van der Waals surface area contributed by atoms with Crippen molar-refractivity contribution in [3.05, 3.63) is 12.2 Å². The topological polar surface area (TPSA) is 49.8 Å². The number of likely N-dealkylation sites (N-methyl/N-ethyl adjacent to an activating group) is 1. The van der Waals surface area contributed by atoms with Gasteiger partial charge in [-0.15, -0.1) is 0 Å². The van der Waals surface area contributed by atoms with E-state index in [-0.39, 0.29) is 18.6 Å². The normalized spacial score (nSPS) is 12.6. The zero-order chi connectivity index (χ0) is 20.2. The predicted molar refractivity (Wildman–Crippen MR) is 115 cm³/mol. The second-order valence-corrected chi connectivity index (χ2v) is 7.63. The molecule has 0 bridgehead atoms. The van der Waals surface area contributed by atoms with Crippen molar-refractivity contribution in [3.8, 4) is 0 Å². The summed E-state index contributed by atoms with van der Waals surface area (Å²) in [5.74, 6) is 0.0606. The van der Waals surface area contributed by atoms with E-state index in [4.69, 9.17) is 4.74 Å². The van der Waals surface area contributed by atoms with Gasteiger partial charge >= 0.3 is 0 Å². The van der Waals surface area contributed by atoms with E-state index in [0.29, 0.717) is 13.0 Å². The minimum Gasteiger partial charge on any atom is -0.394 e. The van der Waals surface area contributed by atoms with Crippen molar-refractivity contribution in [2.24, 2.45) is 0 Å². The number of unbranched alkanes of at least 4 members (excludes halogenated alkanes) is 11. The van der Waals surface area contributed by atoms with Gasteiger partial charge in [0, 0.05) is 20.6 Å². The molecule has 1 amide bonds. The number of carbonyl (C=O) groups excluding carboxylic acids is 1. The average Bonchev–Trinajstić information content (AvgIpc) is 2.68. The van der Waals surface area contributed by atoms with E-state index in [1.807, 2.05) is 0 Å². The summed E-state index contributed by atoms with van der Waals surface area (Å²) < 4.78 is 5.03. The second-order valence-electron chi connectivity index (χ2n) is 7.63. The van der Waals surface area contributed by atoms with E-state index in [2.05, 4.69) is 19.1 Å². The summed E-state index contributed by atoms with van der Waals surface area (Å²) in [6, 6.07) is -0.247. The molecule has 4 heteroatoms. The van der Waals surface area contributed by atoms with Gasteiger partial charge < -0.3 is 14.7 Å². The van der Waals surface area contributed by atoms with Crippen molar-refractivity contribution in [1.82, 2.24) is 4.90 Å². The van der Waals surface area contributed by atoms with Crippen LogP contribution < -0.4 is 0 Å². The Hall–Kier alpha value is -0.870. The number of hydrogen-bond donors (Lipinski definition) is 1. The number of allylic oxidation sites excluding steroid dienone is 2. The van der Waals surface area contributed by atoms with E-state index in [1.54, 1.807) is 19.1 Å². The number of aliphatic hydroxyl groups is 1. The van der Waals surface area contributed by atoms with Gasteiger partial charge in [0.15, 0.2) is 0 Å². The van der Waals surface area contributed by atoms with Gasteiger partial charge in [-0.05, 0) is 19.3 Å². The van der Waals surface area contributed by atoms with Crippen LogP contribution in [-0.2, 0) is 9.53 Å². The van der Waals surface area contributed by atoms with Crippen LogP contribution in [0.15, 0.2) is 12.2 Å². The molecule has 4 nitrogen and oxygen atoms in total. The van der Waals surface area contributed by atoms with Gasteiger partial charge in [0.25, 0.3) is 0 Å². The highest BCUT2D eigenvalue weighted by Gasteiger charge is 2.18. The molecule has 0 aliphatic heterocycles. The third-order valence-corrected chi connectivity index (χ3v) is 5.18. The van der Waals surface area contributed by atoms with Crippen molar-refractivity contribution < 1.29 is 14.6 Å². The van der Waals surface area contributed by atoms with Crippen molar-refractivity contribution >= 4 is 5.91 Å². The minimum atomic E-state index is -0.247. The molecule has 0 spiro atoms. The summed E-state index contributed by atoms with van der Waals surface area (Å²) >= 11 is 0. The third kappa shape index (κ3) is 15.8. The fraction of sp³-hybridized carbons (Fsp3) is 0.870. The fourth-order valence-corrected chi connectivity index (χ4v) is 3.23. The van der Waals surface area contributed by atoms with Gasteiger partial charge in [-0.3, -0.25) is 4.79 Å². The molecule has 0 radical (unpaired) electrons. The van der Waals surface area contributed by atoms with E-state index in [9.17, 15) is 9.90 Å². The Morgan fingerprint density at radius 3 is 1.96 bits per heavy atom. The molecule has 27 heavy (non-hydrogen) atoms. The van der Waals surface area contributed by atoms with Crippen molar-refractivity contribution in [2.75, 3.05) is 27.4 Å². The van der Waals surface area contributed by atoms with Crippen LogP contribution >= 0.6 is 0 Å². The number of nitrogens with zero attached hydrogens (tertiary/aromatic N) is 1. The Morgan fingerprint density at radius 1 is 0.926 bits per heavy atom. The fourth-order valence-electron chi connectivity index (χ4n) is 3.23. The van der Waals surface area contributed by atoms with Gasteiger partial charge in [-0.1, -0.05) is 83.3 Å². The largest absolute Gasteiger partial charge is 0.394 e. The first-order valence-corrected chi connectivity index (χ1v) is 11.2. The summed E-state index contributed by atoms with van der Waals surface area (Å²) in [6.45, 7) is 2.57. The van der Waals surface area contributed by atoms with Crippen molar-refractivity contribution in [3.63, 3.8) is 0 Å². The highest BCUT2D eigenvalue weighted by molar-refractivity contribution is 5.76. The lowest BCUT2D eigenvalue weighted by atomic mass is 10.1. The van der Waals surface area contributed by atoms with Gasteiger partial charge in [0.05, 0.1) is 19.3 Å². The van der Waals surface area contributed by atoms with E-state index >= 15 is 0 Å². The zero-order valence-corrected chi connectivity index (χ0v) is 18.3. The number of ether oxygens (including phenoxy) is 1. The van der Waals surface area contributed by atoms with E-state index in [0.717, 1.165) is 12.8 Å². The number of methoxy groups -OCH3 is 1. The molecular weight excluding hydrogens is 338 g/mol. The third-order valence-electron chi connectivity index (χ3n) is 5.18. The number of hydrogen-bond acceptors (Lipinski definition) is 3. The first kappa shape index (κ1) is 26.1. The number of carbonyl (C=O) groups is 1. The molecule has 0 aliphatic rings. The first-order valence-electron chi connectivity index (χ1n) is 11.2. The second kappa shape index (κ2) is 19.9. The van der Waals surface area contributed by atoms with Gasteiger partial charge in [-0.25, -0.2) is 0 Å². The molecule has 0 fully saturated rings. The zero-order valence-electron chi connectivity index (χ0n) is 18.3. The molecular formula is C23H45NO3. The Balaban J connectivity index is 3.48. The van der Waals surface area contributed by atoms with Crippen molar-refractivity contribution in [1.29, 1.82) is 0 Å². The molecule has 1 N–H and O–H groups in total. The van der Waals surface area contributed by atoms with Crippen LogP contribution in [0.4, 0.5) is 0 Å². The lowest BCUT2D eigenvalue weighted by Gasteiger charge is -2.25. The quantitative estimate of drug-likeness (QED) is 0.237. The van der Waals surface area contributed by atoms with Gasteiger partial charge in [0.2, 0.25) is 5.91 Å². The molecule has 160 valence electrons. The lowest BCUT2D eigenvalue weighted by Crippen LogP contribution is -2.42. The lowest BCUT2D eigenvalue weighted by molar-refractivity contribution is -0.133. The first-order chi connectivity index (χ1) is 13.2. The molecule has 0 rings (SSSR count). The summed E-state index contributed by atoms with van der Waals surface area (Å²) in [7, 11) is 3.32. The van der Waals surface area contributed by atoms with Crippen LogP contribution in [0.5, 0.6) is 0 Å². The maximum absolute atomic E-state index is 12.1. The molecule has 0 unspecified atom stereocenters. The predicted octanol–water partition coefficient (Wildman–Crippen LogP) is 5.49. The molecule has 0 saturated heterocycles. The van der Waals surface area contributed by atoms with Crippen LogP contribution in [0.2, 0.25) is 0 Å².